The molecule has 0 atom stereocenters. The average molecular weight is 337 g/mol. The van der Waals surface area contributed by atoms with Gasteiger partial charge in [-0.2, -0.15) is 5.26 Å². The minimum Gasteiger partial charge on any atom is -0.454 e. The first kappa shape index (κ1) is 16.0. The van der Waals surface area contributed by atoms with E-state index in [1.165, 1.54) is 30.3 Å². The number of carbonyl (C=O) groups is 1. The van der Waals surface area contributed by atoms with Gasteiger partial charge in [0.1, 0.15) is 11.6 Å². The summed E-state index contributed by atoms with van der Waals surface area (Å²) < 4.78 is 10.4. The molecule has 3 rings (SSSR count). The summed E-state index contributed by atoms with van der Waals surface area (Å²) in [7, 11) is 0. The predicted molar refractivity (Wildman–Crippen MR) is 87.9 cm³/mol. The summed E-state index contributed by atoms with van der Waals surface area (Å²) in [5.41, 5.74) is 0.516. The molecule has 2 aromatic carbocycles. The summed E-state index contributed by atoms with van der Waals surface area (Å²) in [6, 6.07) is 12.3. The van der Waals surface area contributed by atoms with Gasteiger partial charge in [-0.05, 0) is 29.8 Å². The molecule has 0 bridgehead atoms. The number of nitro groups is 1. The Kier molecular flexibility index (Phi) is 4.30. The van der Waals surface area contributed by atoms with Crippen LogP contribution in [-0.2, 0) is 4.79 Å². The predicted octanol–water partition coefficient (Wildman–Crippen LogP) is 2.87. The number of amides is 1. The zero-order valence-corrected chi connectivity index (χ0v) is 12.8. The van der Waals surface area contributed by atoms with Crippen LogP contribution in [0.3, 0.4) is 0 Å². The number of nitriles is 1. The van der Waals surface area contributed by atoms with Gasteiger partial charge in [0.05, 0.1) is 4.92 Å². The molecule has 2 aromatic rings. The number of nitrogens with one attached hydrogen (secondary N) is 1. The molecule has 1 heterocycles. The summed E-state index contributed by atoms with van der Waals surface area (Å²) in [5, 5.41) is 22.5. The van der Waals surface area contributed by atoms with E-state index < -0.39 is 10.8 Å². The summed E-state index contributed by atoms with van der Waals surface area (Å²) in [6.45, 7) is 0.126. The van der Waals surface area contributed by atoms with Crippen LogP contribution >= 0.6 is 0 Å². The Morgan fingerprint density at radius 3 is 2.80 bits per heavy atom. The Hall–Kier alpha value is -3.86. The van der Waals surface area contributed by atoms with E-state index >= 15 is 0 Å². The number of nitro benzene ring substituents is 1. The van der Waals surface area contributed by atoms with Crippen molar-refractivity contribution in [2.45, 2.75) is 0 Å². The monoisotopic (exact) mass is 337 g/mol. The van der Waals surface area contributed by atoms with Gasteiger partial charge in [0, 0.05) is 17.8 Å². The first-order chi connectivity index (χ1) is 12.1. The molecule has 8 heteroatoms. The van der Waals surface area contributed by atoms with E-state index in [0.29, 0.717) is 17.1 Å². The third-order valence-corrected chi connectivity index (χ3v) is 3.39. The number of nitrogens with zero attached hydrogens (tertiary/aromatic N) is 2. The van der Waals surface area contributed by atoms with Crippen molar-refractivity contribution in [2.75, 3.05) is 12.1 Å². The maximum Gasteiger partial charge on any atom is 0.271 e. The molecule has 25 heavy (non-hydrogen) atoms. The number of non-ortho nitro benzene ring substituents is 1. The Labute approximate surface area is 142 Å². The van der Waals surface area contributed by atoms with Crippen molar-refractivity contribution in [3.63, 3.8) is 0 Å². The van der Waals surface area contributed by atoms with E-state index in [1.807, 2.05) is 6.07 Å². The van der Waals surface area contributed by atoms with Crippen LogP contribution in [0.5, 0.6) is 11.5 Å². The highest BCUT2D eigenvalue weighted by Gasteiger charge is 2.15. The van der Waals surface area contributed by atoms with Crippen molar-refractivity contribution < 1.29 is 19.2 Å². The molecule has 0 saturated carbocycles. The Morgan fingerprint density at radius 1 is 1.24 bits per heavy atom. The van der Waals surface area contributed by atoms with Gasteiger partial charge in [-0.25, -0.2) is 0 Å². The molecular formula is C17H11N3O5. The summed E-state index contributed by atoms with van der Waals surface area (Å²) >= 11 is 0. The lowest BCUT2D eigenvalue weighted by molar-refractivity contribution is -0.384. The lowest BCUT2D eigenvalue weighted by Gasteiger charge is -2.04. The zero-order valence-electron chi connectivity index (χ0n) is 12.8. The van der Waals surface area contributed by atoms with Crippen molar-refractivity contribution >= 4 is 23.4 Å². The van der Waals surface area contributed by atoms with Crippen LogP contribution in [0.15, 0.2) is 48.0 Å². The minimum absolute atomic E-state index is 0.126. The molecule has 0 unspecified atom stereocenters. The van der Waals surface area contributed by atoms with Crippen LogP contribution in [0.25, 0.3) is 6.08 Å². The zero-order chi connectivity index (χ0) is 17.8. The van der Waals surface area contributed by atoms with Gasteiger partial charge in [0.2, 0.25) is 6.79 Å². The van der Waals surface area contributed by atoms with Crippen molar-refractivity contribution in [3.05, 3.63) is 63.7 Å². The van der Waals surface area contributed by atoms with E-state index in [1.54, 1.807) is 18.2 Å². The fourth-order valence-electron chi connectivity index (χ4n) is 2.21. The molecule has 1 aliphatic rings. The second-order valence-electron chi connectivity index (χ2n) is 5.04. The van der Waals surface area contributed by atoms with Crippen molar-refractivity contribution in [1.29, 1.82) is 5.26 Å². The highest BCUT2D eigenvalue weighted by molar-refractivity contribution is 6.09. The van der Waals surface area contributed by atoms with Gasteiger partial charge in [0.15, 0.2) is 11.5 Å². The van der Waals surface area contributed by atoms with Gasteiger partial charge in [0.25, 0.3) is 11.6 Å². The van der Waals surface area contributed by atoms with Crippen LogP contribution < -0.4 is 14.8 Å². The molecule has 0 saturated heterocycles. The maximum atomic E-state index is 12.2. The van der Waals surface area contributed by atoms with E-state index in [0.717, 1.165) is 0 Å². The van der Waals surface area contributed by atoms with Gasteiger partial charge >= 0.3 is 0 Å². The second kappa shape index (κ2) is 6.72. The van der Waals surface area contributed by atoms with Gasteiger partial charge in [-0.3, -0.25) is 14.9 Å². The molecule has 1 aliphatic heterocycles. The van der Waals surface area contributed by atoms with Gasteiger partial charge in [-0.1, -0.05) is 12.1 Å². The number of hydrogen-bond acceptors (Lipinski definition) is 6. The molecular weight excluding hydrogens is 326 g/mol. The summed E-state index contributed by atoms with van der Waals surface area (Å²) in [6.07, 6.45) is 1.40. The lowest BCUT2D eigenvalue weighted by atomic mass is 10.1. The summed E-state index contributed by atoms with van der Waals surface area (Å²) in [4.78, 5) is 22.4. The number of benzene rings is 2. The minimum atomic E-state index is -0.666. The molecule has 0 aromatic heterocycles. The fourth-order valence-corrected chi connectivity index (χ4v) is 2.21. The van der Waals surface area contributed by atoms with E-state index in [2.05, 4.69) is 5.32 Å². The van der Waals surface area contributed by atoms with Crippen molar-refractivity contribution in [3.8, 4) is 17.6 Å². The second-order valence-corrected chi connectivity index (χ2v) is 5.04. The number of fused-ring (bicyclic) bond motifs is 1. The summed E-state index contributed by atoms with van der Waals surface area (Å²) in [5.74, 6) is 0.461. The first-order valence-corrected chi connectivity index (χ1v) is 7.14. The van der Waals surface area contributed by atoms with E-state index in [9.17, 15) is 20.2 Å². The Balaban J connectivity index is 1.81. The molecule has 0 fully saturated rings. The molecule has 1 amide bonds. The van der Waals surface area contributed by atoms with Crippen LogP contribution in [-0.4, -0.2) is 17.6 Å². The normalized spacial score (nSPS) is 12.4. The number of hydrogen-bond donors (Lipinski definition) is 1. The topological polar surface area (TPSA) is 114 Å². The largest absolute Gasteiger partial charge is 0.454 e. The molecule has 8 nitrogen and oxygen atoms in total. The Bertz CT molecular complexity index is 930. The number of rotatable bonds is 4. The highest BCUT2D eigenvalue weighted by atomic mass is 16.7. The quantitative estimate of drug-likeness (QED) is 0.397. The maximum absolute atomic E-state index is 12.2. The van der Waals surface area contributed by atoms with Gasteiger partial charge < -0.3 is 14.8 Å². The molecule has 1 N–H and O–H groups in total. The first-order valence-electron chi connectivity index (χ1n) is 7.14. The third-order valence-electron chi connectivity index (χ3n) is 3.39. The molecule has 124 valence electrons. The van der Waals surface area contributed by atoms with Crippen LogP contribution in [0.2, 0.25) is 0 Å². The van der Waals surface area contributed by atoms with Crippen molar-refractivity contribution in [1.82, 2.24) is 0 Å². The number of anilines is 1. The average Bonchev–Trinajstić information content (AvgIpc) is 3.07. The standard InChI is InChI=1S/C17H11N3O5/c18-9-12(6-11-4-5-15-16(7-11)25-10-24-15)17(21)19-13-2-1-3-14(8-13)20(22)23/h1-8H,10H2,(H,19,21)/b12-6-. The lowest BCUT2D eigenvalue weighted by Crippen LogP contribution is -2.13. The van der Waals surface area contributed by atoms with Crippen LogP contribution in [0.1, 0.15) is 5.56 Å². The van der Waals surface area contributed by atoms with Gasteiger partial charge in [-0.15, -0.1) is 0 Å². The third kappa shape index (κ3) is 3.56. The molecule has 0 spiro atoms. The van der Waals surface area contributed by atoms with Crippen molar-refractivity contribution in [2.24, 2.45) is 0 Å². The molecule has 0 aliphatic carbocycles. The van der Waals surface area contributed by atoms with Crippen LogP contribution in [0.4, 0.5) is 11.4 Å². The van der Waals surface area contributed by atoms with Crippen LogP contribution in [0, 0.1) is 21.4 Å². The van der Waals surface area contributed by atoms with E-state index in [4.69, 9.17) is 9.47 Å². The smallest absolute Gasteiger partial charge is 0.271 e. The number of carbonyl (C=O) groups excluding carboxylic acids is 1. The Morgan fingerprint density at radius 2 is 2.04 bits per heavy atom. The highest BCUT2D eigenvalue weighted by Crippen LogP contribution is 2.33. The van der Waals surface area contributed by atoms with E-state index in [-0.39, 0.29) is 23.7 Å². The number of ether oxygens (including phenoxy) is 2. The molecule has 0 radical (unpaired) electrons. The SMILES string of the molecule is N#C/C(=C/c1ccc2c(c1)OCO2)C(=O)Nc1cccc([N+](=O)[O-])c1. The fraction of sp³-hybridized carbons (Fsp3) is 0.0588.